The third-order valence-corrected chi connectivity index (χ3v) is 2.13. The van der Waals surface area contributed by atoms with E-state index in [-0.39, 0.29) is 12.4 Å². The van der Waals surface area contributed by atoms with Gasteiger partial charge in [0.05, 0.1) is 6.61 Å². The van der Waals surface area contributed by atoms with Crippen molar-refractivity contribution in [2.45, 2.75) is 13.3 Å². The molecule has 0 aromatic heterocycles. The van der Waals surface area contributed by atoms with Gasteiger partial charge in [-0.3, -0.25) is 5.41 Å². The summed E-state index contributed by atoms with van der Waals surface area (Å²) in [5.41, 5.74) is 1.10. The number of rotatable bonds is 3. The lowest BCUT2D eigenvalue weighted by molar-refractivity contribution is 0.317. The monoisotopic (exact) mass is 277 g/mol. The molecule has 0 aliphatic heterocycles. The van der Waals surface area contributed by atoms with Crippen LogP contribution >= 0.6 is 28.3 Å². The Morgan fingerprint density at radius 2 is 1.93 bits per heavy atom. The van der Waals surface area contributed by atoms with Gasteiger partial charge in [0.1, 0.15) is 0 Å². The van der Waals surface area contributed by atoms with E-state index >= 15 is 0 Å². The lowest BCUT2D eigenvalue weighted by Crippen LogP contribution is -2.06. The Balaban J connectivity index is 0.00000169. The summed E-state index contributed by atoms with van der Waals surface area (Å²) in [6.45, 7) is 2.45. The number of hydrogen-bond donors (Lipinski definition) is 1. The van der Waals surface area contributed by atoms with Crippen LogP contribution in [0.15, 0.2) is 28.7 Å². The molecule has 0 fully saturated rings. The molecule has 0 aliphatic rings. The molecule has 1 N–H and O–H groups in total. The van der Waals surface area contributed by atoms with Crippen molar-refractivity contribution < 1.29 is 4.74 Å². The summed E-state index contributed by atoms with van der Waals surface area (Å²) in [6, 6.07) is 7.90. The van der Waals surface area contributed by atoms with E-state index in [0.29, 0.717) is 18.9 Å². The van der Waals surface area contributed by atoms with E-state index < -0.39 is 0 Å². The first-order valence-electron chi connectivity index (χ1n) is 4.17. The first kappa shape index (κ1) is 13.5. The Morgan fingerprint density at radius 1 is 1.36 bits per heavy atom. The third kappa shape index (κ3) is 4.63. The molecular formula is C10H13BrClNO. The molecule has 1 aromatic carbocycles. The molecule has 0 heterocycles. The van der Waals surface area contributed by atoms with Crippen LogP contribution in [0.1, 0.15) is 12.5 Å². The van der Waals surface area contributed by atoms with Crippen molar-refractivity contribution in [3.63, 3.8) is 0 Å². The second kappa shape index (κ2) is 6.85. The Hall–Kier alpha value is -0.540. The fraction of sp³-hybridized carbons (Fsp3) is 0.300. The van der Waals surface area contributed by atoms with Gasteiger partial charge in [-0.1, -0.05) is 28.1 Å². The van der Waals surface area contributed by atoms with Crippen LogP contribution in [-0.2, 0) is 11.2 Å². The Bertz CT molecular complexity index is 287. The number of halogens is 2. The van der Waals surface area contributed by atoms with Gasteiger partial charge < -0.3 is 4.74 Å². The number of nitrogens with one attached hydrogen (secondary N) is 1. The maximum absolute atomic E-state index is 7.45. The molecule has 0 saturated carbocycles. The molecule has 1 aromatic rings. The van der Waals surface area contributed by atoms with Crippen molar-refractivity contribution in [1.82, 2.24) is 0 Å². The van der Waals surface area contributed by atoms with Gasteiger partial charge in [-0.25, -0.2) is 0 Å². The summed E-state index contributed by atoms with van der Waals surface area (Å²) < 4.78 is 6.10. The molecule has 0 amide bonds. The molecule has 0 aliphatic carbocycles. The Labute approximate surface area is 98.7 Å². The fourth-order valence-corrected chi connectivity index (χ4v) is 1.28. The SMILES string of the molecule is CCOC(=N)Cc1ccc(Br)cc1.Cl. The smallest absolute Gasteiger partial charge is 0.184 e. The topological polar surface area (TPSA) is 33.1 Å². The predicted molar refractivity (Wildman–Crippen MR) is 64.4 cm³/mol. The second-order valence-corrected chi connectivity index (χ2v) is 3.58. The number of hydrogen-bond acceptors (Lipinski definition) is 2. The zero-order valence-electron chi connectivity index (χ0n) is 7.92. The van der Waals surface area contributed by atoms with Gasteiger partial charge in [-0.15, -0.1) is 12.4 Å². The molecular weight excluding hydrogens is 265 g/mol. The van der Waals surface area contributed by atoms with Crippen LogP contribution in [0.3, 0.4) is 0 Å². The molecule has 0 atom stereocenters. The predicted octanol–water partition coefficient (Wildman–Crippen LogP) is 3.43. The van der Waals surface area contributed by atoms with Crippen LogP contribution in [0.2, 0.25) is 0 Å². The van der Waals surface area contributed by atoms with Crippen LogP contribution < -0.4 is 0 Å². The van der Waals surface area contributed by atoms with Crippen LogP contribution in [0, 0.1) is 5.41 Å². The van der Waals surface area contributed by atoms with Gasteiger partial charge in [0.15, 0.2) is 5.90 Å². The second-order valence-electron chi connectivity index (χ2n) is 2.66. The number of benzene rings is 1. The maximum atomic E-state index is 7.45. The highest BCUT2D eigenvalue weighted by Crippen LogP contribution is 2.11. The Morgan fingerprint density at radius 3 is 2.43 bits per heavy atom. The van der Waals surface area contributed by atoms with E-state index in [1.54, 1.807) is 0 Å². The normalized spacial score (nSPS) is 9.00. The van der Waals surface area contributed by atoms with Gasteiger partial charge in [0.2, 0.25) is 0 Å². The molecule has 0 bridgehead atoms. The van der Waals surface area contributed by atoms with E-state index in [9.17, 15) is 0 Å². The quantitative estimate of drug-likeness (QED) is 0.667. The van der Waals surface area contributed by atoms with E-state index in [0.717, 1.165) is 10.0 Å². The zero-order valence-corrected chi connectivity index (χ0v) is 10.3. The third-order valence-electron chi connectivity index (χ3n) is 1.60. The molecule has 78 valence electrons. The largest absolute Gasteiger partial charge is 0.481 e. The van der Waals surface area contributed by atoms with E-state index in [1.165, 1.54) is 0 Å². The van der Waals surface area contributed by atoms with Crippen molar-refractivity contribution in [3.8, 4) is 0 Å². The van der Waals surface area contributed by atoms with Crippen LogP contribution in [-0.4, -0.2) is 12.5 Å². The zero-order chi connectivity index (χ0) is 9.68. The van der Waals surface area contributed by atoms with Crippen molar-refractivity contribution in [3.05, 3.63) is 34.3 Å². The minimum Gasteiger partial charge on any atom is -0.481 e. The van der Waals surface area contributed by atoms with Gasteiger partial charge in [-0.05, 0) is 24.6 Å². The lowest BCUT2D eigenvalue weighted by Gasteiger charge is -2.04. The van der Waals surface area contributed by atoms with Crippen LogP contribution in [0.5, 0.6) is 0 Å². The van der Waals surface area contributed by atoms with Crippen molar-refractivity contribution in [2.75, 3.05) is 6.61 Å². The van der Waals surface area contributed by atoms with Crippen LogP contribution in [0.25, 0.3) is 0 Å². The summed E-state index contributed by atoms with van der Waals surface area (Å²) in [5.74, 6) is 0.324. The molecule has 2 nitrogen and oxygen atoms in total. The first-order valence-corrected chi connectivity index (χ1v) is 4.96. The molecule has 0 saturated heterocycles. The summed E-state index contributed by atoms with van der Waals surface area (Å²) in [6.07, 6.45) is 0.571. The lowest BCUT2D eigenvalue weighted by atomic mass is 10.1. The summed E-state index contributed by atoms with van der Waals surface area (Å²) in [5, 5.41) is 7.45. The molecule has 4 heteroatoms. The van der Waals surface area contributed by atoms with Gasteiger partial charge in [0, 0.05) is 10.9 Å². The van der Waals surface area contributed by atoms with Gasteiger partial charge >= 0.3 is 0 Å². The average Bonchev–Trinajstić information content (AvgIpc) is 2.09. The molecule has 14 heavy (non-hydrogen) atoms. The maximum Gasteiger partial charge on any atom is 0.184 e. The minimum atomic E-state index is 0. The highest BCUT2D eigenvalue weighted by molar-refractivity contribution is 9.10. The average molecular weight is 279 g/mol. The summed E-state index contributed by atoms with van der Waals surface area (Å²) in [7, 11) is 0. The van der Waals surface area contributed by atoms with E-state index in [4.69, 9.17) is 10.1 Å². The van der Waals surface area contributed by atoms with Gasteiger partial charge in [-0.2, -0.15) is 0 Å². The Kier molecular flexibility index (Phi) is 6.58. The van der Waals surface area contributed by atoms with Crippen LogP contribution in [0.4, 0.5) is 0 Å². The number of ether oxygens (including phenoxy) is 1. The highest BCUT2D eigenvalue weighted by atomic mass is 79.9. The van der Waals surface area contributed by atoms with E-state index in [2.05, 4.69) is 15.9 Å². The van der Waals surface area contributed by atoms with Crippen molar-refractivity contribution >= 4 is 34.2 Å². The highest BCUT2D eigenvalue weighted by Gasteiger charge is 1.98. The molecule has 0 radical (unpaired) electrons. The van der Waals surface area contributed by atoms with Gasteiger partial charge in [0.25, 0.3) is 0 Å². The summed E-state index contributed by atoms with van der Waals surface area (Å²) in [4.78, 5) is 0. The molecule has 0 unspecified atom stereocenters. The minimum absolute atomic E-state index is 0. The molecule has 0 spiro atoms. The fourth-order valence-electron chi connectivity index (χ4n) is 1.01. The first-order chi connectivity index (χ1) is 6.22. The van der Waals surface area contributed by atoms with E-state index in [1.807, 2.05) is 31.2 Å². The molecule has 1 rings (SSSR count). The standard InChI is InChI=1S/C10H12BrNO.ClH/c1-2-13-10(12)7-8-3-5-9(11)6-4-8;/h3-6,12H,2,7H2,1H3;1H. The van der Waals surface area contributed by atoms with Crippen molar-refractivity contribution in [1.29, 1.82) is 5.41 Å². The summed E-state index contributed by atoms with van der Waals surface area (Å²) >= 11 is 3.36. The van der Waals surface area contributed by atoms with Crippen molar-refractivity contribution in [2.24, 2.45) is 0 Å².